The van der Waals surface area contributed by atoms with Crippen LogP contribution in [-0.2, 0) is 4.79 Å². The summed E-state index contributed by atoms with van der Waals surface area (Å²) in [5.41, 5.74) is 9.08. The molecule has 1 atom stereocenters. The fraction of sp³-hybridized carbons (Fsp3) is 0.545. The van der Waals surface area contributed by atoms with Gasteiger partial charge < -0.3 is 10.6 Å². The van der Waals surface area contributed by atoms with Gasteiger partial charge >= 0.3 is 0 Å². The zero-order valence-corrected chi connectivity index (χ0v) is 16.2. The molecule has 2 aliphatic heterocycles. The molecule has 5 heteroatoms. The van der Waals surface area contributed by atoms with Gasteiger partial charge in [0.2, 0.25) is 5.91 Å². The minimum atomic E-state index is 0.279. The van der Waals surface area contributed by atoms with Crippen LogP contribution in [0.4, 0.5) is 5.69 Å². The molecule has 2 saturated heterocycles. The van der Waals surface area contributed by atoms with Crippen molar-refractivity contribution >= 4 is 22.5 Å². The molecule has 1 amide bonds. The van der Waals surface area contributed by atoms with E-state index in [1.807, 2.05) is 35.2 Å². The molecule has 144 valence electrons. The van der Waals surface area contributed by atoms with Crippen LogP contribution >= 0.6 is 0 Å². The zero-order valence-electron chi connectivity index (χ0n) is 16.2. The number of amides is 1. The van der Waals surface area contributed by atoms with Crippen LogP contribution in [0.15, 0.2) is 30.3 Å². The maximum Gasteiger partial charge on any atom is 0.236 e. The Hall–Kier alpha value is -2.14. The maximum absolute atomic E-state index is 12.7. The van der Waals surface area contributed by atoms with Gasteiger partial charge in [0.1, 0.15) is 0 Å². The van der Waals surface area contributed by atoms with E-state index in [4.69, 9.17) is 10.7 Å². The molecule has 0 radical (unpaired) electrons. The second-order valence-electron chi connectivity index (χ2n) is 8.13. The zero-order chi connectivity index (χ0) is 18.8. The Morgan fingerprint density at radius 1 is 1.15 bits per heavy atom. The number of rotatable bonds is 3. The Morgan fingerprint density at radius 3 is 2.70 bits per heavy atom. The molecule has 1 aromatic heterocycles. The maximum atomic E-state index is 12.7. The summed E-state index contributed by atoms with van der Waals surface area (Å²) in [6.07, 6.45) is 5.60. The van der Waals surface area contributed by atoms with Gasteiger partial charge in [-0.15, -0.1) is 0 Å². The number of piperidine rings is 2. The first kappa shape index (κ1) is 18.2. The predicted octanol–water partition coefficient (Wildman–Crippen LogP) is 3.40. The van der Waals surface area contributed by atoms with Gasteiger partial charge in [0.05, 0.1) is 23.4 Å². The van der Waals surface area contributed by atoms with Crippen LogP contribution in [0, 0.1) is 0 Å². The predicted molar refractivity (Wildman–Crippen MR) is 110 cm³/mol. The molecule has 2 N–H and O–H groups in total. The Kier molecular flexibility index (Phi) is 5.30. The van der Waals surface area contributed by atoms with Crippen molar-refractivity contribution in [1.82, 2.24) is 14.8 Å². The van der Waals surface area contributed by atoms with Crippen LogP contribution in [0.25, 0.3) is 10.9 Å². The second-order valence-corrected chi connectivity index (χ2v) is 8.13. The number of nitrogens with zero attached hydrogens (tertiary/aromatic N) is 3. The number of nitrogen functional groups attached to an aromatic ring is 1. The van der Waals surface area contributed by atoms with Crippen LogP contribution < -0.4 is 5.73 Å². The Labute approximate surface area is 161 Å². The van der Waals surface area contributed by atoms with Crippen molar-refractivity contribution in [2.75, 3.05) is 31.9 Å². The van der Waals surface area contributed by atoms with Crippen molar-refractivity contribution < 1.29 is 4.79 Å². The van der Waals surface area contributed by atoms with Gasteiger partial charge in [0.15, 0.2) is 0 Å². The lowest BCUT2D eigenvalue weighted by Crippen LogP contribution is -2.47. The number of fused-ring (bicyclic) bond motifs is 1. The summed E-state index contributed by atoms with van der Waals surface area (Å²) in [4.78, 5) is 22.0. The third-order valence-corrected chi connectivity index (χ3v) is 6.30. The molecule has 2 fully saturated rings. The third kappa shape index (κ3) is 3.93. The Morgan fingerprint density at radius 2 is 1.93 bits per heavy atom. The van der Waals surface area contributed by atoms with E-state index in [9.17, 15) is 4.79 Å². The average molecular weight is 367 g/mol. The number of carbonyl (C=O) groups is 1. The number of aromatic nitrogens is 1. The molecular formula is C22H30N4O. The van der Waals surface area contributed by atoms with Gasteiger partial charge in [-0.05, 0) is 51.3 Å². The molecular weight excluding hydrogens is 336 g/mol. The molecule has 2 aromatic rings. The van der Waals surface area contributed by atoms with Crippen molar-refractivity contribution in [3.05, 3.63) is 36.0 Å². The quantitative estimate of drug-likeness (QED) is 0.904. The van der Waals surface area contributed by atoms with Gasteiger partial charge in [-0.25, -0.2) is 0 Å². The normalized spacial score (nSPS) is 22.3. The molecule has 0 spiro atoms. The van der Waals surface area contributed by atoms with Crippen LogP contribution in [0.1, 0.15) is 50.6 Å². The minimum Gasteiger partial charge on any atom is -0.397 e. The summed E-state index contributed by atoms with van der Waals surface area (Å²) in [6.45, 7) is 5.48. The first-order valence-corrected chi connectivity index (χ1v) is 10.3. The van der Waals surface area contributed by atoms with Crippen molar-refractivity contribution in [2.45, 2.75) is 51.0 Å². The van der Waals surface area contributed by atoms with E-state index in [0.717, 1.165) is 54.8 Å². The fourth-order valence-corrected chi connectivity index (χ4v) is 4.54. The van der Waals surface area contributed by atoms with Gasteiger partial charge in [-0.2, -0.15) is 0 Å². The highest BCUT2D eigenvalue weighted by Gasteiger charge is 2.28. The number of anilines is 1. The molecule has 0 saturated carbocycles. The number of para-hydroxylation sites is 1. The van der Waals surface area contributed by atoms with Crippen molar-refractivity contribution in [1.29, 1.82) is 0 Å². The van der Waals surface area contributed by atoms with E-state index in [-0.39, 0.29) is 5.91 Å². The largest absolute Gasteiger partial charge is 0.397 e. The monoisotopic (exact) mass is 366 g/mol. The van der Waals surface area contributed by atoms with E-state index in [1.165, 1.54) is 19.3 Å². The molecule has 5 nitrogen and oxygen atoms in total. The summed E-state index contributed by atoms with van der Waals surface area (Å²) < 4.78 is 0. The number of benzene rings is 1. The number of likely N-dealkylation sites (tertiary alicyclic amines) is 2. The highest BCUT2D eigenvalue weighted by atomic mass is 16.2. The van der Waals surface area contributed by atoms with Crippen LogP contribution in [0.3, 0.4) is 0 Å². The minimum absolute atomic E-state index is 0.279. The Balaban J connectivity index is 1.38. The smallest absolute Gasteiger partial charge is 0.236 e. The van der Waals surface area contributed by atoms with Crippen molar-refractivity contribution in [2.24, 2.45) is 0 Å². The van der Waals surface area contributed by atoms with Crippen molar-refractivity contribution in [3.63, 3.8) is 0 Å². The number of hydrogen-bond acceptors (Lipinski definition) is 4. The molecule has 2 aliphatic rings. The lowest BCUT2D eigenvalue weighted by molar-refractivity contribution is -0.134. The standard InChI is InChI=1S/C22H30N4O/c1-16-6-4-5-11-26(16)15-21(27)25-12-9-17(10-13-25)22-19(23)14-18-7-2-3-8-20(18)24-22/h2-3,7-8,14,16-17H,4-6,9-13,15,23H2,1H3. The molecule has 0 bridgehead atoms. The molecule has 4 rings (SSSR count). The highest BCUT2D eigenvalue weighted by molar-refractivity contribution is 5.82. The number of pyridine rings is 1. The van der Waals surface area contributed by atoms with Crippen LogP contribution in [0.2, 0.25) is 0 Å². The summed E-state index contributed by atoms with van der Waals surface area (Å²) in [6, 6.07) is 10.7. The molecule has 27 heavy (non-hydrogen) atoms. The molecule has 1 aromatic carbocycles. The van der Waals surface area contributed by atoms with Crippen LogP contribution in [0.5, 0.6) is 0 Å². The van der Waals surface area contributed by atoms with E-state index >= 15 is 0 Å². The summed E-state index contributed by atoms with van der Waals surface area (Å²) in [5.74, 6) is 0.620. The SMILES string of the molecule is CC1CCCCN1CC(=O)N1CCC(c2nc3ccccc3cc2N)CC1. The number of hydrogen-bond donors (Lipinski definition) is 1. The lowest BCUT2D eigenvalue weighted by Gasteiger charge is -2.37. The van der Waals surface area contributed by atoms with E-state index < -0.39 is 0 Å². The Bertz CT molecular complexity index is 813. The van der Waals surface area contributed by atoms with Crippen LogP contribution in [-0.4, -0.2) is 52.9 Å². The average Bonchev–Trinajstić information content (AvgIpc) is 2.69. The van der Waals surface area contributed by atoms with Crippen molar-refractivity contribution in [3.8, 4) is 0 Å². The third-order valence-electron chi connectivity index (χ3n) is 6.30. The second kappa shape index (κ2) is 7.85. The first-order chi connectivity index (χ1) is 13.1. The van der Waals surface area contributed by atoms with Gasteiger partial charge in [0.25, 0.3) is 0 Å². The summed E-state index contributed by atoms with van der Waals surface area (Å²) >= 11 is 0. The summed E-state index contributed by atoms with van der Waals surface area (Å²) in [7, 11) is 0. The fourth-order valence-electron chi connectivity index (χ4n) is 4.54. The summed E-state index contributed by atoms with van der Waals surface area (Å²) in [5, 5.41) is 1.09. The van der Waals surface area contributed by atoms with Gasteiger partial charge in [-0.3, -0.25) is 14.7 Å². The van der Waals surface area contributed by atoms with Gasteiger partial charge in [-0.1, -0.05) is 24.6 Å². The highest BCUT2D eigenvalue weighted by Crippen LogP contribution is 2.32. The molecule has 0 aliphatic carbocycles. The topological polar surface area (TPSA) is 62.5 Å². The van der Waals surface area contributed by atoms with Gasteiger partial charge in [0, 0.05) is 30.4 Å². The number of nitrogens with two attached hydrogens (primary N) is 1. The molecule has 3 heterocycles. The number of carbonyl (C=O) groups excluding carboxylic acids is 1. The molecule has 1 unspecified atom stereocenters. The van der Waals surface area contributed by atoms with E-state index in [1.54, 1.807) is 0 Å². The van der Waals surface area contributed by atoms with E-state index in [0.29, 0.717) is 18.5 Å². The lowest BCUT2D eigenvalue weighted by atomic mass is 9.91. The van der Waals surface area contributed by atoms with E-state index in [2.05, 4.69) is 11.8 Å². The first-order valence-electron chi connectivity index (χ1n) is 10.3.